The molecule has 4 rings (SSSR count). The van der Waals surface area contributed by atoms with Gasteiger partial charge < -0.3 is 19.0 Å². The van der Waals surface area contributed by atoms with Gasteiger partial charge in [-0.25, -0.2) is 14.8 Å². The molecule has 1 saturated heterocycles. The van der Waals surface area contributed by atoms with E-state index in [9.17, 15) is 4.79 Å². The van der Waals surface area contributed by atoms with E-state index in [0.29, 0.717) is 22.6 Å². The van der Waals surface area contributed by atoms with Gasteiger partial charge in [0.1, 0.15) is 15.4 Å². The van der Waals surface area contributed by atoms with E-state index in [0.717, 1.165) is 36.0 Å². The number of hydrogen-bond acceptors (Lipinski definition) is 10. The van der Waals surface area contributed by atoms with Crippen molar-refractivity contribution < 1.29 is 13.9 Å². The molecule has 32 heavy (non-hydrogen) atoms. The lowest BCUT2D eigenvalue weighted by Gasteiger charge is -2.33. The van der Waals surface area contributed by atoms with E-state index in [1.54, 1.807) is 6.92 Å². The number of carbonyl (C=O) groups excluding carboxylic acids is 1. The number of thioether (sulfide) groups is 1. The molecule has 1 aliphatic rings. The Morgan fingerprint density at radius 2 is 2.03 bits per heavy atom. The Morgan fingerprint density at radius 1 is 1.25 bits per heavy atom. The Balaban J connectivity index is 1.51. The standard InChI is InChI=1S/C21H24N6O3S2/c1-3-29-18(28)14-12-22-19(25-20-24-15-6-4-5-7-17(15)30-20)23-16(14)13-32-21(31)27-10-8-26(2)9-11-27/h4-7,12H,3,8-11,13H2,1-2H3,(H,22,23,24,25). The van der Waals surface area contributed by atoms with Crippen LogP contribution in [0.4, 0.5) is 12.0 Å². The number of nitrogens with zero attached hydrogens (tertiary/aromatic N) is 5. The number of likely N-dealkylation sites (N-methyl/N-ethyl adjacent to an activating group) is 1. The van der Waals surface area contributed by atoms with Gasteiger partial charge in [0, 0.05) is 38.1 Å². The summed E-state index contributed by atoms with van der Waals surface area (Å²) in [6, 6.07) is 7.73. The summed E-state index contributed by atoms with van der Waals surface area (Å²) in [6.45, 7) is 5.76. The second kappa shape index (κ2) is 10.2. The number of aromatic nitrogens is 3. The molecule has 11 heteroatoms. The van der Waals surface area contributed by atoms with E-state index in [1.807, 2.05) is 24.3 Å². The first kappa shape index (κ1) is 22.4. The van der Waals surface area contributed by atoms with Crippen molar-refractivity contribution in [3.63, 3.8) is 0 Å². The molecule has 0 saturated carbocycles. The Labute approximate surface area is 195 Å². The summed E-state index contributed by atoms with van der Waals surface area (Å²) in [6.07, 6.45) is 1.46. The fourth-order valence-electron chi connectivity index (χ4n) is 3.20. The van der Waals surface area contributed by atoms with Crippen molar-refractivity contribution in [2.45, 2.75) is 12.7 Å². The number of hydrogen-bond donors (Lipinski definition) is 1. The number of benzene rings is 1. The molecule has 0 amide bonds. The molecule has 3 aromatic rings. The molecule has 0 bridgehead atoms. The molecule has 0 radical (unpaired) electrons. The van der Waals surface area contributed by atoms with Gasteiger partial charge in [0.05, 0.1) is 12.3 Å². The van der Waals surface area contributed by atoms with Crippen LogP contribution in [0.5, 0.6) is 0 Å². The first-order chi connectivity index (χ1) is 15.5. The summed E-state index contributed by atoms with van der Waals surface area (Å²) in [5, 5.41) is 2.98. The van der Waals surface area contributed by atoms with Gasteiger partial charge in [-0.1, -0.05) is 36.1 Å². The van der Waals surface area contributed by atoms with Crippen molar-refractivity contribution in [1.82, 2.24) is 24.8 Å². The first-order valence-corrected chi connectivity index (χ1v) is 11.7. The van der Waals surface area contributed by atoms with Crippen LogP contribution in [0.1, 0.15) is 23.0 Å². The second-order valence-corrected chi connectivity index (χ2v) is 8.84. The summed E-state index contributed by atoms with van der Waals surface area (Å²) in [7, 11) is 2.10. The maximum absolute atomic E-state index is 12.4. The van der Waals surface area contributed by atoms with E-state index >= 15 is 0 Å². The smallest absolute Gasteiger partial charge is 0.341 e. The Hall–Kier alpha value is -2.76. The SMILES string of the molecule is CCOC(=O)c1cnc(Nc2nc3ccccc3o2)nc1CSC(=S)N1CCN(C)CC1. The van der Waals surface area contributed by atoms with E-state index in [2.05, 4.69) is 37.1 Å². The number of thiocarbonyl (C=S) groups is 1. The summed E-state index contributed by atoms with van der Waals surface area (Å²) in [5.41, 5.74) is 2.25. The highest BCUT2D eigenvalue weighted by atomic mass is 32.2. The van der Waals surface area contributed by atoms with Gasteiger partial charge in [0.15, 0.2) is 5.58 Å². The number of oxazole rings is 1. The molecule has 1 aromatic carbocycles. The molecule has 1 N–H and O–H groups in total. The zero-order valence-corrected chi connectivity index (χ0v) is 19.5. The average Bonchev–Trinajstić information content (AvgIpc) is 3.20. The summed E-state index contributed by atoms with van der Waals surface area (Å²) < 4.78 is 11.6. The number of fused-ring (bicyclic) bond motifs is 1. The zero-order chi connectivity index (χ0) is 22.5. The molecule has 0 spiro atoms. The molecule has 168 valence electrons. The average molecular weight is 473 g/mol. The fraction of sp³-hybridized carbons (Fsp3) is 0.381. The Kier molecular flexibility index (Phi) is 7.18. The maximum atomic E-state index is 12.4. The fourth-order valence-corrected chi connectivity index (χ4v) is 4.40. The largest absolute Gasteiger partial charge is 0.462 e. The third kappa shape index (κ3) is 5.34. The molecular formula is C21H24N6O3S2. The normalized spacial score (nSPS) is 14.5. The molecule has 3 heterocycles. The minimum Gasteiger partial charge on any atom is -0.462 e. The molecule has 1 fully saturated rings. The van der Waals surface area contributed by atoms with Gasteiger partial charge in [-0.2, -0.15) is 4.98 Å². The van der Waals surface area contributed by atoms with Crippen molar-refractivity contribution in [1.29, 1.82) is 0 Å². The van der Waals surface area contributed by atoms with Crippen LogP contribution >= 0.6 is 24.0 Å². The van der Waals surface area contributed by atoms with Crippen LogP contribution in [0.3, 0.4) is 0 Å². The molecule has 9 nitrogen and oxygen atoms in total. The lowest BCUT2D eigenvalue weighted by molar-refractivity contribution is 0.0524. The summed E-state index contributed by atoms with van der Waals surface area (Å²) in [5.74, 6) is 0.247. The van der Waals surface area contributed by atoms with Crippen LogP contribution in [-0.4, -0.2) is 74.9 Å². The number of nitrogens with one attached hydrogen (secondary N) is 1. The molecule has 2 aromatic heterocycles. The quantitative estimate of drug-likeness (QED) is 0.423. The molecule has 0 atom stereocenters. The highest BCUT2D eigenvalue weighted by Crippen LogP contribution is 2.23. The van der Waals surface area contributed by atoms with Crippen LogP contribution in [0.2, 0.25) is 0 Å². The number of esters is 1. The molecular weight excluding hydrogens is 448 g/mol. The third-order valence-electron chi connectivity index (χ3n) is 4.97. The predicted molar refractivity (Wildman–Crippen MR) is 128 cm³/mol. The van der Waals surface area contributed by atoms with Crippen molar-refractivity contribution in [3.8, 4) is 0 Å². The van der Waals surface area contributed by atoms with Crippen molar-refractivity contribution in [3.05, 3.63) is 41.7 Å². The van der Waals surface area contributed by atoms with Crippen LogP contribution in [0, 0.1) is 0 Å². The van der Waals surface area contributed by atoms with Crippen LogP contribution in [0.15, 0.2) is 34.9 Å². The van der Waals surface area contributed by atoms with Crippen molar-refractivity contribution in [2.75, 3.05) is 45.2 Å². The number of anilines is 2. The second-order valence-electron chi connectivity index (χ2n) is 7.23. The van der Waals surface area contributed by atoms with E-state index in [-0.39, 0.29) is 18.6 Å². The lowest BCUT2D eigenvalue weighted by atomic mass is 10.2. The van der Waals surface area contributed by atoms with Crippen LogP contribution in [0.25, 0.3) is 11.1 Å². The summed E-state index contributed by atoms with van der Waals surface area (Å²) >= 11 is 7.10. The van der Waals surface area contributed by atoms with E-state index in [4.69, 9.17) is 21.4 Å². The maximum Gasteiger partial charge on any atom is 0.341 e. The van der Waals surface area contributed by atoms with Gasteiger partial charge in [-0.05, 0) is 26.1 Å². The molecule has 0 unspecified atom stereocenters. The minimum absolute atomic E-state index is 0.272. The van der Waals surface area contributed by atoms with E-state index in [1.165, 1.54) is 18.0 Å². The third-order valence-corrected chi connectivity index (χ3v) is 6.50. The summed E-state index contributed by atoms with van der Waals surface area (Å²) in [4.78, 5) is 30.1. The van der Waals surface area contributed by atoms with Gasteiger partial charge in [0.2, 0.25) is 5.95 Å². The molecule has 0 aliphatic carbocycles. The number of carbonyl (C=O) groups is 1. The van der Waals surface area contributed by atoms with Gasteiger partial charge in [-0.15, -0.1) is 0 Å². The highest BCUT2D eigenvalue weighted by molar-refractivity contribution is 8.22. The first-order valence-electron chi connectivity index (χ1n) is 10.3. The lowest BCUT2D eigenvalue weighted by Crippen LogP contribution is -2.45. The van der Waals surface area contributed by atoms with Crippen molar-refractivity contribution in [2.24, 2.45) is 0 Å². The number of para-hydroxylation sites is 2. The number of rotatable bonds is 6. The van der Waals surface area contributed by atoms with Gasteiger partial charge in [-0.3, -0.25) is 5.32 Å². The van der Waals surface area contributed by atoms with Crippen LogP contribution in [-0.2, 0) is 10.5 Å². The Morgan fingerprint density at radius 3 is 2.78 bits per heavy atom. The number of ether oxygens (including phenoxy) is 1. The predicted octanol–water partition coefficient (Wildman–Crippen LogP) is 3.30. The molecule has 1 aliphatic heterocycles. The topological polar surface area (TPSA) is 96.6 Å². The monoisotopic (exact) mass is 472 g/mol. The van der Waals surface area contributed by atoms with Gasteiger partial charge in [0.25, 0.3) is 0 Å². The van der Waals surface area contributed by atoms with Gasteiger partial charge >= 0.3 is 12.0 Å². The van der Waals surface area contributed by atoms with E-state index < -0.39 is 5.97 Å². The highest BCUT2D eigenvalue weighted by Gasteiger charge is 2.20. The number of piperazine rings is 1. The zero-order valence-electron chi connectivity index (χ0n) is 17.9. The van der Waals surface area contributed by atoms with Crippen molar-refractivity contribution >= 4 is 57.3 Å². The van der Waals surface area contributed by atoms with Crippen LogP contribution < -0.4 is 5.32 Å². The minimum atomic E-state index is -0.456. The Bertz CT molecular complexity index is 1080.